The van der Waals surface area contributed by atoms with Gasteiger partial charge in [-0.05, 0) is 39.5 Å². The van der Waals surface area contributed by atoms with Gasteiger partial charge in [-0.15, -0.1) is 0 Å². The average molecular weight is 270 g/mol. The van der Waals surface area contributed by atoms with Crippen molar-refractivity contribution in [2.75, 3.05) is 13.1 Å². The van der Waals surface area contributed by atoms with E-state index in [9.17, 15) is 9.59 Å². The van der Waals surface area contributed by atoms with E-state index in [2.05, 4.69) is 31.4 Å². The van der Waals surface area contributed by atoms with Crippen LogP contribution in [0.25, 0.3) is 0 Å². The second-order valence-corrected chi connectivity index (χ2v) is 6.37. The van der Waals surface area contributed by atoms with Gasteiger partial charge in [0, 0.05) is 25.0 Å². The van der Waals surface area contributed by atoms with Crippen LogP contribution in [-0.4, -0.2) is 35.6 Å². The van der Waals surface area contributed by atoms with E-state index < -0.39 is 5.97 Å². The zero-order valence-corrected chi connectivity index (χ0v) is 12.2. The summed E-state index contributed by atoms with van der Waals surface area (Å²) in [6, 6.07) is 0. The largest absolute Gasteiger partial charge is 0.481 e. The van der Waals surface area contributed by atoms with Crippen LogP contribution in [0.5, 0.6) is 0 Å². The molecule has 3 N–H and O–H groups in total. The van der Waals surface area contributed by atoms with E-state index in [0.29, 0.717) is 19.5 Å². The lowest BCUT2D eigenvalue weighted by molar-refractivity contribution is -0.143. The predicted octanol–water partition coefficient (Wildman–Crippen LogP) is 1.38. The molecule has 5 heteroatoms. The van der Waals surface area contributed by atoms with Crippen molar-refractivity contribution in [3.05, 3.63) is 0 Å². The van der Waals surface area contributed by atoms with Crippen LogP contribution in [0.2, 0.25) is 0 Å². The molecule has 1 saturated carbocycles. The number of carboxylic acids is 1. The van der Waals surface area contributed by atoms with Crippen LogP contribution in [-0.2, 0) is 9.59 Å². The first-order chi connectivity index (χ1) is 8.79. The van der Waals surface area contributed by atoms with Crippen molar-refractivity contribution in [1.29, 1.82) is 0 Å². The van der Waals surface area contributed by atoms with E-state index in [-0.39, 0.29) is 23.3 Å². The number of hydrogen-bond acceptors (Lipinski definition) is 3. The highest BCUT2D eigenvalue weighted by Crippen LogP contribution is 2.31. The molecule has 1 aliphatic rings. The van der Waals surface area contributed by atoms with Crippen molar-refractivity contribution in [2.45, 2.75) is 52.0 Å². The Hall–Kier alpha value is -1.10. The smallest absolute Gasteiger partial charge is 0.306 e. The van der Waals surface area contributed by atoms with Crippen LogP contribution in [0, 0.1) is 11.8 Å². The fourth-order valence-electron chi connectivity index (χ4n) is 2.49. The summed E-state index contributed by atoms with van der Waals surface area (Å²) in [6.45, 7) is 7.30. The first kappa shape index (κ1) is 16.0. The summed E-state index contributed by atoms with van der Waals surface area (Å²) >= 11 is 0. The molecule has 0 saturated heterocycles. The summed E-state index contributed by atoms with van der Waals surface area (Å²) in [5.74, 6) is -0.927. The third-order valence-electron chi connectivity index (χ3n) is 3.55. The van der Waals surface area contributed by atoms with Gasteiger partial charge in [0.1, 0.15) is 0 Å². The number of carboxylic acid groups (broad SMARTS) is 1. The maximum absolute atomic E-state index is 11.7. The summed E-state index contributed by atoms with van der Waals surface area (Å²) in [6.07, 6.45) is 3.02. The van der Waals surface area contributed by atoms with E-state index in [1.807, 2.05) is 0 Å². The van der Waals surface area contributed by atoms with Gasteiger partial charge in [-0.3, -0.25) is 9.59 Å². The third-order valence-corrected chi connectivity index (χ3v) is 3.55. The predicted molar refractivity (Wildman–Crippen MR) is 73.8 cm³/mol. The Bertz CT molecular complexity index is 323. The number of nitrogens with one attached hydrogen (secondary N) is 2. The average Bonchev–Trinajstić information content (AvgIpc) is 2.72. The molecule has 2 unspecified atom stereocenters. The molecule has 0 heterocycles. The molecule has 0 aromatic rings. The second kappa shape index (κ2) is 6.89. The standard InChI is InChI=1S/C14H26N2O3/c1-14(2,3)16-8-7-12(17)15-9-10-5-4-6-11(10)13(18)19/h10-11,16H,4-9H2,1-3H3,(H,15,17)(H,18,19). The summed E-state index contributed by atoms with van der Waals surface area (Å²) in [5.41, 5.74) is 0.0140. The molecular formula is C14H26N2O3. The quantitative estimate of drug-likeness (QED) is 0.681. The molecule has 0 bridgehead atoms. The van der Waals surface area contributed by atoms with Crippen molar-refractivity contribution in [2.24, 2.45) is 11.8 Å². The molecule has 2 atom stereocenters. The van der Waals surface area contributed by atoms with Gasteiger partial charge in [0.05, 0.1) is 5.92 Å². The van der Waals surface area contributed by atoms with Crippen LogP contribution >= 0.6 is 0 Å². The Kier molecular flexibility index (Phi) is 5.79. The van der Waals surface area contributed by atoms with Crippen LogP contribution in [0.1, 0.15) is 46.5 Å². The molecule has 1 amide bonds. The first-order valence-corrected chi connectivity index (χ1v) is 7.04. The Morgan fingerprint density at radius 2 is 1.95 bits per heavy atom. The maximum atomic E-state index is 11.7. The molecule has 19 heavy (non-hydrogen) atoms. The third kappa shape index (κ3) is 6.05. The van der Waals surface area contributed by atoms with Crippen molar-refractivity contribution in [3.63, 3.8) is 0 Å². The highest BCUT2D eigenvalue weighted by molar-refractivity contribution is 5.76. The van der Waals surface area contributed by atoms with Crippen molar-refractivity contribution in [1.82, 2.24) is 10.6 Å². The monoisotopic (exact) mass is 270 g/mol. The molecule has 0 aromatic heterocycles. The molecular weight excluding hydrogens is 244 g/mol. The minimum atomic E-state index is -0.730. The molecule has 1 aliphatic carbocycles. The van der Waals surface area contributed by atoms with Gasteiger partial charge in [0.25, 0.3) is 0 Å². The van der Waals surface area contributed by atoms with Crippen molar-refractivity contribution >= 4 is 11.9 Å². The topological polar surface area (TPSA) is 78.4 Å². The van der Waals surface area contributed by atoms with Crippen LogP contribution in [0.4, 0.5) is 0 Å². The zero-order valence-electron chi connectivity index (χ0n) is 12.2. The minimum Gasteiger partial charge on any atom is -0.481 e. The number of hydrogen-bond donors (Lipinski definition) is 3. The first-order valence-electron chi connectivity index (χ1n) is 7.04. The van der Waals surface area contributed by atoms with Crippen molar-refractivity contribution < 1.29 is 14.7 Å². The van der Waals surface area contributed by atoms with Gasteiger partial charge in [-0.25, -0.2) is 0 Å². The summed E-state index contributed by atoms with van der Waals surface area (Å²) < 4.78 is 0. The van der Waals surface area contributed by atoms with E-state index >= 15 is 0 Å². The van der Waals surface area contributed by atoms with E-state index in [1.165, 1.54) is 0 Å². The Labute approximate surface area is 115 Å². The van der Waals surface area contributed by atoms with E-state index in [1.54, 1.807) is 0 Å². The normalized spacial score (nSPS) is 23.3. The van der Waals surface area contributed by atoms with Crippen molar-refractivity contribution in [3.8, 4) is 0 Å². The molecule has 5 nitrogen and oxygen atoms in total. The number of rotatable bonds is 6. The Morgan fingerprint density at radius 1 is 1.26 bits per heavy atom. The summed E-state index contributed by atoms with van der Waals surface area (Å²) in [7, 11) is 0. The van der Waals surface area contributed by atoms with E-state index in [0.717, 1.165) is 19.3 Å². The molecule has 0 aliphatic heterocycles. The van der Waals surface area contributed by atoms with Gasteiger partial charge >= 0.3 is 5.97 Å². The van der Waals surface area contributed by atoms with Gasteiger partial charge in [0.15, 0.2) is 0 Å². The Morgan fingerprint density at radius 3 is 2.53 bits per heavy atom. The number of amides is 1. The molecule has 1 rings (SSSR count). The molecule has 0 spiro atoms. The maximum Gasteiger partial charge on any atom is 0.306 e. The van der Waals surface area contributed by atoms with Crippen LogP contribution in [0.15, 0.2) is 0 Å². The van der Waals surface area contributed by atoms with Gasteiger partial charge in [0.2, 0.25) is 5.91 Å². The number of carbonyl (C=O) groups excluding carboxylic acids is 1. The molecule has 0 aromatic carbocycles. The molecule has 0 radical (unpaired) electrons. The lowest BCUT2D eigenvalue weighted by Gasteiger charge is -2.20. The number of aliphatic carboxylic acids is 1. The van der Waals surface area contributed by atoms with Crippen LogP contribution in [0.3, 0.4) is 0 Å². The minimum absolute atomic E-state index is 0.00668. The van der Waals surface area contributed by atoms with Crippen LogP contribution < -0.4 is 10.6 Å². The van der Waals surface area contributed by atoms with Gasteiger partial charge in [-0.2, -0.15) is 0 Å². The summed E-state index contributed by atoms with van der Waals surface area (Å²) in [5, 5.41) is 15.2. The lowest BCUT2D eigenvalue weighted by Crippen LogP contribution is -2.39. The highest BCUT2D eigenvalue weighted by atomic mass is 16.4. The molecule has 110 valence electrons. The fraction of sp³-hybridized carbons (Fsp3) is 0.857. The second-order valence-electron chi connectivity index (χ2n) is 6.37. The number of carbonyl (C=O) groups is 2. The van der Waals surface area contributed by atoms with Gasteiger partial charge in [-0.1, -0.05) is 6.42 Å². The SMILES string of the molecule is CC(C)(C)NCCC(=O)NCC1CCCC1C(=O)O. The summed E-state index contributed by atoms with van der Waals surface area (Å²) in [4.78, 5) is 22.7. The molecule has 1 fully saturated rings. The van der Waals surface area contributed by atoms with E-state index in [4.69, 9.17) is 5.11 Å². The fourth-order valence-corrected chi connectivity index (χ4v) is 2.49. The zero-order chi connectivity index (χ0) is 14.5. The Balaban J connectivity index is 2.21. The highest BCUT2D eigenvalue weighted by Gasteiger charge is 2.32. The van der Waals surface area contributed by atoms with Gasteiger partial charge < -0.3 is 15.7 Å². The lowest BCUT2D eigenvalue weighted by atomic mass is 9.96.